The van der Waals surface area contributed by atoms with Crippen LogP contribution in [0.4, 0.5) is 0 Å². The molecule has 0 atom stereocenters. The van der Waals surface area contributed by atoms with Gasteiger partial charge in [0.25, 0.3) is 0 Å². The molecule has 0 amide bonds. The first-order valence-corrected chi connectivity index (χ1v) is 5.67. The highest BCUT2D eigenvalue weighted by molar-refractivity contribution is 9.10. The molecule has 0 aromatic heterocycles. The summed E-state index contributed by atoms with van der Waals surface area (Å²) in [5.41, 5.74) is 1.00. The van der Waals surface area contributed by atoms with E-state index < -0.39 is 0 Å². The van der Waals surface area contributed by atoms with Crippen molar-refractivity contribution >= 4 is 15.9 Å². The fraction of sp³-hybridized carbons (Fsp3) is 0.0769. The van der Waals surface area contributed by atoms with E-state index in [1.54, 1.807) is 12.1 Å². The highest BCUT2D eigenvalue weighted by atomic mass is 79.9. The smallest absolute Gasteiger partial charge is 0.169 e. The van der Waals surface area contributed by atoms with Crippen LogP contribution in [-0.4, -0.2) is 5.11 Å². The number of phenols is 1. The molecule has 0 aliphatic heterocycles. The summed E-state index contributed by atoms with van der Waals surface area (Å²) in [5.74, 6) is 1.32. The Morgan fingerprint density at radius 1 is 1.06 bits per heavy atom. The van der Waals surface area contributed by atoms with Crippen LogP contribution in [-0.2, 0) is 0 Å². The molecule has 2 aromatic carbocycles. The van der Waals surface area contributed by atoms with E-state index >= 15 is 0 Å². The van der Waals surface area contributed by atoms with Gasteiger partial charge >= 0.3 is 0 Å². The second kappa shape index (κ2) is 4.58. The molecule has 0 heterocycles. The largest absolute Gasteiger partial charge is 0.504 e. The van der Waals surface area contributed by atoms with Crippen LogP contribution in [0.1, 0.15) is 5.56 Å². The van der Waals surface area contributed by atoms with Gasteiger partial charge < -0.3 is 9.84 Å². The molecular weight excluding hydrogens is 268 g/mol. The van der Waals surface area contributed by atoms with E-state index in [-0.39, 0.29) is 5.75 Å². The fourth-order valence-corrected chi connectivity index (χ4v) is 1.61. The van der Waals surface area contributed by atoms with Gasteiger partial charge in [-0.2, -0.15) is 0 Å². The van der Waals surface area contributed by atoms with E-state index in [1.807, 2.05) is 37.3 Å². The number of phenolic OH excluding ortho intramolecular Hbond substituents is 1. The molecule has 0 aliphatic rings. The van der Waals surface area contributed by atoms with Crippen LogP contribution in [0.25, 0.3) is 0 Å². The van der Waals surface area contributed by atoms with E-state index in [0.29, 0.717) is 11.5 Å². The fourth-order valence-electron chi connectivity index (χ4n) is 1.34. The lowest BCUT2D eigenvalue weighted by Gasteiger charge is -2.07. The number of hydrogen-bond acceptors (Lipinski definition) is 2. The first kappa shape index (κ1) is 11.0. The van der Waals surface area contributed by atoms with Gasteiger partial charge in [0.2, 0.25) is 0 Å². The topological polar surface area (TPSA) is 29.5 Å². The first-order valence-electron chi connectivity index (χ1n) is 4.88. The summed E-state index contributed by atoms with van der Waals surface area (Å²) in [7, 11) is 0. The van der Waals surface area contributed by atoms with Gasteiger partial charge in [0, 0.05) is 4.47 Å². The quantitative estimate of drug-likeness (QED) is 0.890. The third-order valence-corrected chi connectivity index (χ3v) is 2.68. The number of ether oxygens (including phenoxy) is 1. The zero-order valence-electron chi connectivity index (χ0n) is 8.77. The summed E-state index contributed by atoms with van der Waals surface area (Å²) in [6, 6.07) is 12.8. The second-order valence-electron chi connectivity index (χ2n) is 3.53. The highest BCUT2D eigenvalue weighted by Gasteiger charge is 2.03. The van der Waals surface area contributed by atoms with Gasteiger partial charge in [-0.1, -0.05) is 22.0 Å². The Morgan fingerprint density at radius 2 is 1.75 bits per heavy atom. The Morgan fingerprint density at radius 3 is 2.38 bits per heavy atom. The van der Waals surface area contributed by atoms with Crippen molar-refractivity contribution in [2.24, 2.45) is 0 Å². The maximum atomic E-state index is 9.67. The number of rotatable bonds is 2. The zero-order valence-corrected chi connectivity index (χ0v) is 10.4. The lowest BCUT2D eigenvalue weighted by molar-refractivity contribution is 0.411. The van der Waals surface area contributed by atoms with Crippen LogP contribution in [0.3, 0.4) is 0 Å². The van der Waals surface area contributed by atoms with Crippen molar-refractivity contribution in [1.82, 2.24) is 0 Å². The molecule has 3 heteroatoms. The number of benzene rings is 2. The minimum Gasteiger partial charge on any atom is -0.504 e. The molecule has 0 aliphatic carbocycles. The molecule has 2 aromatic rings. The number of hydrogen-bond donors (Lipinski definition) is 1. The van der Waals surface area contributed by atoms with Crippen molar-refractivity contribution in [1.29, 1.82) is 0 Å². The molecule has 1 N–H and O–H groups in total. The zero-order chi connectivity index (χ0) is 11.5. The van der Waals surface area contributed by atoms with Gasteiger partial charge in [-0.3, -0.25) is 0 Å². The summed E-state index contributed by atoms with van der Waals surface area (Å²) in [6.07, 6.45) is 0. The van der Waals surface area contributed by atoms with Gasteiger partial charge in [-0.05, 0) is 48.9 Å². The average molecular weight is 279 g/mol. The monoisotopic (exact) mass is 278 g/mol. The molecule has 82 valence electrons. The normalized spacial score (nSPS) is 10.1. The molecule has 0 saturated heterocycles. The first-order chi connectivity index (χ1) is 7.65. The van der Waals surface area contributed by atoms with Crippen molar-refractivity contribution in [3.05, 3.63) is 52.5 Å². The Hall–Kier alpha value is -1.48. The minimum atomic E-state index is 0.155. The summed E-state index contributed by atoms with van der Waals surface area (Å²) in [6.45, 7) is 1.92. The van der Waals surface area contributed by atoms with Gasteiger partial charge in [-0.15, -0.1) is 0 Å². The van der Waals surface area contributed by atoms with Gasteiger partial charge in [0.1, 0.15) is 5.75 Å². The van der Waals surface area contributed by atoms with Gasteiger partial charge in [-0.25, -0.2) is 0 Å². The van der Waals surface area contributed by atoms with Crippen LogP contribution in [0.5, 0.6) is 17.2 Å². The molecule has 0 bridgehead atoms. The maximum absolute atomic E-state index is 9.67. The van der Waals surface area contributed by atoms with Crippen molar-refractivity contribution in [2.45, 2.75) is 6.92 Å². The van der Waals surface area contributed by atoms with Gasteiger partial charge in [0.15, 0.2) is 11.5 Å². The van der Waals surface area contributed by atoms with E-state index in [1.165, 1.54) is 0 Å². The number of halogens is 1. The van der Waals surface area contributed by atoms with E-state index in [4.69, 9.17) is 4.74 Å². The average Bonchev–Trinajstić information content (AvgIpc) is 2.25. The molecular formula is C13H11BrO2. The standard InChI is InChI=1S/C13H11BrO2/c1-9-2-7-13(12(15)8-9)16-11-5-3-10(14)4-6-11/h2-8,15H,1H3. The maximum Gasteiger partial charge on any atom is 0.169 e. The third-order valence-electron chi connectivity index (χ3n) is 2.16. The van der Waals surface area contributed by atoms with Crippen LogP contribution in [0.15, 0.2) is 46.9 Å². The minimum absolute atomic E-state index is 0.155. The Labute approximate surface area is 103 Å². The lowest BCUT2D eigenvalue weighted by atomic mass is 10.2. The molecule has 0 unspecified atom stereocenters. The highest BCUT2D eigenvalue weighted by Crippen LogP contribution is 2.31. The summed E-state index contributed by atoms with van der Waals surface area (Å²) in [4.78, 5) is 0. The summed E-state index contributed by atoms with van der Waals surface area (Å²) >= 11 is 3.35. The lowest BCUT2D eigenvalue weighted by Crippen LogP contribution is -1.85. The van der Waals surface area contributed by atoms with E-state index in [9.17, 15) is 5.11 Å². The number of aromatic hydroxyl groups is 1. The van der Waals surface area contributed by atoms with Crippen molar-refractivity contribution < 1.29 is 9.84 Å². The molecule has 0 saturated carbocycles. The molecule has 0 spiro atoms. The van der Waals surface area contributed by atoms with Crippen LogP contribution >= 0.6 is 15.9 Å². The third kappa shape index (κ3) is 2.55. The summed E-state index contributed by atoms with van der Waals surface area (Å²) in [5, 5.41) is 9.67. The second-order valence-corrected chi connectivity index (χ2v) is 4.44. The van der Waals surface area contributed by atoms with Crippen molar-refractivity contribution in [3.8, 4) is 17.2 Å². The molecule has 0 fully saturated rings. The van der Waals surface area contributed by atoms with Crippen LogP contribution < -0.4 is 4.74 Å². The van der Waals surface area contributed by atoms with Crippen molar-refractivity contribution in [2.75, 3.05) is 0 Å². The SMILES string of the molecule is Cc1ccc(Oc2ccc(Br)cc2)c(O)c1. The predicted octanol–water partition coefficient (Wildman–Crippen LogP) is 4.26. The van der Waals surface area contributed by atoms with Crippen LogP contribution in [0.2, 0.25) is 0 Å². The Balaban J connectivity index is 2.23. The van der Waals surface area contributed by atoms with E-state index in [2.05, 4.69) is 15.9 Å². The molecule has 2 rings (SSSR count). The van der Waals surface area contributed by atoms with Gasteiger partial charge in [0.05, 0.1) is 0 Å². The van der Waals surface area contributed by atoms with Crippen molar-refractivity contribution in [3.63, 3.8) is 0 Å². The molecule has 16 heavy (non-hydrogen) atoms. The number of aryl methyl sites for hydroxylation is 1. The Kier molecular flexibility index (Phi) is 3.15. The predicted molar refractivity (Wildman–Crippen MR) is 67.1 cm³/mol. The van der Waals surface area contributed by atoms with E-state index in [0.717, 1.165) is 10.0 Å². The summed E-state index contributed by atoms with van der Waals surface area (Å²) < 4.78 is 6.54. The Bertz CT molecular complexity index is 492. The molecule has 0 radical (unpaired) electrons. The van der Waals surface area contributed by atoms with Crippen LogP contribution in [0, 0.1) is 6.92 Å². The molecule has 2 nitrogen and oxygen atoms in total.